The van der Waals surface area contributed by atoms with E-state index < -0.39 is 0 Å². The monoisotopic (exact) mass is 284 g/mol. The normalized spacial score (nSPS) is 14.5. The molecule has 1 aromatic heterocycles. The smallest absolute Gasteiger partial charge is 0.0719 e. The zero-order valence-corrected chi connectivity index (χ0v) is 12.3. The van der Waals surface area contributed by atoms with Gasteiger partial charge in [-0.1, -0.05) is 48.5 Å². The van der Waals surface area contributed by atoms with Crippen LogP contribution in [0.4, 0.5) is 0 Å². The van der Waals surface area contributed by atoms with E-state index in [0.29, 0.717) is 0 Å². The molecule has 2 aliphatic carbocycles. The Bertz CT molecular complexity index is 821. The molecule has 0 atom stereocenters. The van der Waals surface area contributed by atoms with Crippen LogP contribution >= 0.6 is 0 Å². The molecular formula is C20H16N2. The number of hydrogen-bond acceptors (Lipinski definition) is 2. The van der Waals surface area contributed by atoms with Gasteiger partial charge >= 0.3 is 0 Å². The van der Waals surface area contributed by atoms with E-state index >= 15 is 0 Å². The quantitative estimate of drug-likeness (QED) is 0.623. The Hall–Kier alpha value is -2.48. The Morgan fingerprint density at radius 2 is 1.00 bits per heavy atom. The highest BCUT2D eigenvalue weighted by molar-refractivity contribution is 5.90. The van der Waals surface area contributed by atoms with E-state index in [1.165, 1.54) is 33.4 Å². The molecule has 2 aromatic carbocycles. The lowest BCUT2D eigenvalue weighted by atomic mass is 9.79. The van der Waals surface area contributed by atoms with E-state index in [0.717, 1.165) is 37.1 Å². The summed E-state index contributed by atoms with van der Waals surface area (Å²) in [4.78, 5) is 0. The summed E-state index contributed by atoms with van der Waals surface area (Å²) in [5.74, 6) is 0. The van der Waals surface area contributed by atoms with Gasteiger partial charge < -0.3 is 0 Å². The number of hydrogen-bond donors (Lipinski definition) is 0. The lowest BCUT2D eigenvalue weighted by Crippen LogP contribution is -2.15. The van der Waals surface area contributed by atoms with Gasteiger partial charge in [-0.3, -0.25) is 0 Å². The highest BCUT2D eigenvalue weighted by atomic mass is 15.1. The topological polar surface area (TPSA) is 25.8 Å². The number of nitrogens with zero attached hydrogens (tertiary/aromatic N) is 2. The second kappa shape index (κ2) is 4.51. The molecule has 0 amide bonds. The van der Waals surface area contributed by atoms with Crippen LogP contribution in [0, 0.1) is 0 Å². The average molecular weight is 284 g/mol. The largest absolute Gasteiger partial charge is 0.155 e. The molecule has 0 radical (unpaired) electrons. The maximum Gasteiger partial charge on any atom is 0.0719 e. The van der Waals surface area contributed by atoms with Crippen molar-refractivity contribution < 1.29 is 0 Å². The summed E-state index contributed by atoms with van der Waals surface area (Å²) in [6, 6.07) is 17.5. The van der Waals surface area contributed by atoms with Crippen LogP contribution in [0.25, 0.3) is 22.3 Å². The lowest BCUT2D eigenvalue weighted by molar-refractivity contribution is 0.792. The minimum Gasteiger partial charge on any atom is -0.155 e. The van der Waals surface area contributed by atoms with Crippen LogP contribution < -0.4 is 0 Å². The molecule has 5 rings (SSSR count). The molecule has 2 aliphatic rings. The van der Waals surface area contributed by atoms with Gasteiger partial charge in [-0.15, -0.1) is 0 Å². The Balaban J connectivity index is 1.88. The second-order valence-corrected chi connectivity index (χ2v) is 6.16. The highest BCUT2D eigenvalue weighted by Crippen LogP contribution is 2.43. The average Bonchev–Trinajstić information content (AvgIpc) is 2.60. The fourth-order valence-electron chi connectivity index (χ4n) is 3.91. The van der Waals surface area contributed by atoms with Gasteiger partial charge in [-0.05, 0) is 47.9 Å². The van der Waals surface area contributed by atoms with E-state index in [-0.39, 0.29) is 0 Å². The van der Waals surface area contributed by atoms with Crippen LogP contribution in [0.1, 0.15) is 22.5 Å². The van der Waals surface area contributed by atoms with Crippen LogP contribution in [0.3, 0.4) is 0 Å². The molecule has 3 aromatic rings. The number of rotatable bonds is 0. The molecular weight excluding hydrogens is 268 g/mol. The van der Waals surface area contributed by atoms with Crippen molar-refractivity contribution in [1.82, 2.24) is 10.2 Å². The van der Waals surface area contributed by atoms with Gasteiger partial charge in [0, 0.05) is 11.1 Å². The number of aryl methyl sites for hydroxylation is 4. The molecule has 22 heavy (non-hydrogen) atoms. The SMILES string of the molecule is c1ccc2c(c1)CCc1nnc3c(c1-2)-c1ccccc1CC3. The molecule has 0 N–H and O–H groups in total. The van der Waals surface area contributed by atoms with Crippen molar-refractivity contribution in [1.29, 1.82) is 0 Å². The zero-order valence-electron chi connectivity index (χ0n) is 12.3. The molecule has 0 fully saturated rings. The van der Waals surface area contributed by atoms with Crippen LogP contribution in [-0.4, -0.2) is 10.2 Å². The molecule has 0 bridgehead atoms. The first-order chi connectivity index (χ1) is 10.9. The van der Waals surface area contributed by atoms with Crippen molar-refractivity contribution in [2.75, 3.05) is 0 Å². The Morgan fingerprint density at radius 1 is 0.545 bits per heavy atom. The lowest BCUT2D eigenvalue weighted by Gasteiger charge is -2.26. The summed E-state index contributed by atoms with van der Waals surface area (Å²) in [5.41, 5.74) is 10.6. The Morgan fingerprint density at radius 3 is 1.50 bits per heavy atom. The third-order valence-corrected chi connectivity index (χ3v) is 4.95. The summed E-state index contributed by atoms with van der Waals surface area (Å²) >= 11 is 0. The highest BCUT2D eigenvalue weighted by Gasteiger charge is 2.27. The van der Waals surface area contributed by atoms with Gasteiger partial charge in [-0.2, -0.15) is 10.2 Å². The summed E-state index contributed by atoms with van der Waals surface area (Å²) in [6.07, 6.45) is 4.13. The molecule has 0 saturated heterocycles. The third kappa shape index (κ3) is 1.61. The maximum atomic E-state index is 4.55. The molecule has 106 valence electrons. The van der Waals surface area contributed by atoms with Crippen molar-refractivity contribution >= 4 is 0 Å². The van der Waals surface area contributed by atoms with Gasteiger partial charge in [0.25, 0.3) is 0 Å². The van der Waals surface area contributed by atoms with E-state index in [4.69, 9.17) is 0 Å². The molecule has 0 spiro atoms. The standard InChI is InChI=1S/C20H16N2/c1-3-7-15-13(5-1)9-11-17-19(15)20-16-8-4-2-6-14(16)10-12-18(20)22-21-17/h1-8H,9-12H2. The molecule has 1 heterocycles. The van der Waals surface area contributed by atoms with Crippen molar-refractivity contribution in [3.05, 3.63) is 71.0 Å². The Labute approximate surface area is 129 Å². The van der Waals surface area contributed by atoms with E-state index in [1.54, 1.807) is 0 Å². The third-order valence-electron chi connectivity index (χ3n) is 4.95. The maximum absolute atomic E-state index is 4.55. The van der Waals surface area contributed by atoms with Gasteiger partial charge in [0.05, 0.1) is 11.4 Å². The van der Waals surface area contributed by atoms with Crippen molar-refractivity contribution in [2.24, 2.45) is 0 Å². The van der Waals surface area contributed by atoms with Gasteiger partial charge in [0.1, 0.15) is 0 Å². The summed E-state index contributed by atoms with van der Waals surface area (Å²) in [6.45, 7) is 0. The molecule has 2 heteroatoms. The van der Waals surface area contributed by atoms with Crippen LogP contribution in [0.15, 0.2) is 48.5 Å². The zero-order chi connectivity index (χ0) is 14.5. The summed E-state index contributed by atoms with van der Waals surface area (Å²) in [5, 5.41) is 9.11. The molecule has 0 saturated carbocycles. The summed E-state index contributed by atoms with van der Waals surface area (Å²) in [7, 11) is 0. The van der Waals surface area contributed by atoms with Crippen LogP contribution in [0.5, 0.6) is 0 Å². The first-order valence-electron chi connectivity index (χ1n) is 7.97. The van der Waals surface area contributed by atoms with Gasteiger partial charge in [0.15, 0.2) is 0 Å². The molecule has 0 unspecified atom stereocenters. The Kier molecular flexibility index (Phi) is 2.48. The van der Waals surface area contributed by atoms with Crippen molar-refractivity contribution in [3.63, 3.8) is 0 Å². The van der Waals surface area contributed by atoms with E-state index in [1.807, 2.05) is 0 Å². The first kappa shape index (κ1) is 12.1. The second-order valence-electron chi connectivity index (χ2n) is 6.16. The van der Waals surface area contributed by atoms with Crippen LogP contribution in [-0.2, 0) is 25.7 Å². The first-order valence-corrected chi connectivity index (χ1v) is 7.97. The predicted molar refractivity (Wildman–Crippen MR) is 87.7 cm³/mol. The fraction of sp³-hybridized carbons (Fsp3) is 0.200. The fourth-order valence-corrected chi connectivity index (χ4v) is 3.91. The predicted octanol–water partition coefficient (Wildman–Crippen LogP) is 4.01. The van der Waals surface area contributed by atoms with Gasteiger partial charge in [-0.25, -0.2) is 0 Å². The molecule has 2 nitrogen and oxygen atoms in total. The van der Waals surface area contributed by atoms with E-state index in [9.17, 15) is 0 Å². The summed E-state index contributed by atoms with van der Waals surface area (Å²) < 4.78 is 0. The molecule has 0 aliphatic heterocycles. The minimum atomic E-state index is 0.995. The number of fused-ring (bicyclic) bond motifs is 7. The van der Waals surface area contributed by atoms with E-state index in [2.05, 4.69) is 58.7 Å². The number of benzene rings is 2. The van der Waals surface area contributed by atoms with Gasteiger partial charge in [0.2, 0.25) is 0 Å². The van der Waals surface area contributed by atoms with Crippen molar-refractivity contribution in [2.45, 2.75) is 25.7 Å². The van der Waals surface area contributed by atoms with Crippen molar-refractivity contribution in [3.8, 4) is 22.3 Å². The van der Waals surface area contributed by atoms with Crippen LogP contribution in [0.2, 0.25) is 0 Å². The number of aromatic nitrogens is 2. The minimum absolute atomic E-state index is 0.995.